The second-order valence-electron chi connectivity index (χ2n) is 7.08. The second-order valence-corrected chi connectivity index (χ2v) is 7.08. The van der Waals surface area contributed by atoms with Crippen LogP contribution in [0.15, 0.2) is 78.4 Å². The van der Waals surface area contributed by atoms with Gasteiger partial charge < -0.3 is 9.47 Å². The van der Waals surface area contributed by atoms with Crippen molar-refractivity contribution in [1.82, 2.24) is 5.43 Å². The largest absolute Gasteiger partial charge is 0.493 e. The number of nitro benzene ring substituents is 1. The fraction of sp³-hybridized carbons (Fsp3) is 0.0833. The number of ether oxygens (including phenoxy) is 2. The van der Waals surface area contributed by atoms with Gasteiger partial charge in [-0.3, -0.25) is 25.1 Å². The predicted molar refractivity (Wildman–Crippen MR) is 120 cm³/mol. The van der Waals surface area contributed by atoms with E-state index in [1.807, 2.05) is 30.3 Å². The molecular weight excluding hydrogens is 426 g/mol. The molecule has 33 heavy (non-hydrogen) atoms. The standard InChI is InChI=1S/C24H19N3O6/c1-32-21-14-17(12-19-23(28)25-26(24(19)29)18-10-6-3-7-11-18)13-20(27(30)31)22(21)33-15-16-8-4-2-5-9-16/h2-14H,15H2,1H3,(H,25,28). The van der Waals surface area contributed by atoms with Gasteiger partial charge in [0.2, 0.25) is 5.75 Å². The van der Waals surface area contributed by atoms with Crippen molar-refractivity contribution in [2.45, 2.75) is 6.61 Å². The van der Waals surface area contributed by atoms with Crippen LogP contribution in [0.1, 0.15) is 11.1 Å². The van der Waals surface area contributed by atoms with Crippen molar-refractivity contribution < 1.29 is 24.0 Å². The summed E-state index contributed by atoms with van der Waals surface area (Å²) in [4.78, 5) is 36.4. The highest BCUT2D eigenvalue weighted by molar-refractivity contribution is 6.31. The van der Waals surface area contributed by atoms with Crippen LogP contribution in [0.2, 0.25) is 0 Å². The molecule has 1 aliphatic heterocycles. The highest BCUT2D eigenvalue weighted by Crippen LogP contribution is 2.39. The summed E-state index contributed by atoms with van der Waals surface area (Å²) in [6.07, 6.45) is 1.29. The summed E-state index contributed by atoms with van der Waals surface area (Å²) in [6.45, 7) is 0.103. The molecule has 0 aromatic heterocycles. The Kier molecular flexibility index (Phi) is 6.03. The molecular formula is C24H19N3O6. The number of para-hydroxylation sites is 1. The Labute approximate surface area is 189 Å². The molecule has 0 bridgehead atoms. The molecule has 1 fully saturated rings. The summed E-state index contributed by atoms with van der Waals surface area (Å²) < 4.78 is 11.0. The number of benzene rings is 3. The zero-order valence-corrected chi connectivity index (χ0v) is 17.6. The molecule has 4 rings (SSSR count). The van der Waals surface area contributed by atoms with Crippen molar-refractivity contribution >= 4 is 29.3 Å². The first-order valence-electron chi connectivity index (χ1n) is 9.93. The van der Waals surface area contributed by atoms with E-state index in [0.717, 1.165) is 10.6 Å². The number of methoxy groups -OCH3 is 1. The first-order chi connectivity index (χ1) is 16.0. The van der Waals surface area contributed by atoms with Gasteiger partial charge in [-0.25, -0.2) is 5.01 Å². The van der Waals surface area contributed by atoms with Crippen molar-refractivity contribution in [1.29, 1.82) is 0 Å². The Morgan fingerprint density at radius 1 is 1.03 bits per heavy atom. The molecule has 1 saturated heterocycles. The maximum Gasteiger partial charge on any atom is 0.315 e. The van der Waals surface area contributed by atoms with Gasteiger partial charge in [0.15, 0.2) is 5.75 Å². The van der Waals surface area contributed by atoms with E-state index >= 15 is 0 Å². The molecule has 1 N–H and O–H groups in total. The molecule has 2 amide bonds. The van der Waals surface area contributed by atoms with E-state index in [1.165, 1.54) is 25.3 Å². The van der Waals surface area contributed by atoms with Crippen molar-refractivity contribution in [3.8, 4) is 11.5 Å². The number of carbonyl (C=O) groups is 2. The maximum atomic E-state index is 12.8. The third kappa shape index (κ3) is 4.52. The molecule has 3 aromatic rings. The minimum Gasteiger partial charge on any atom is -0.493 e. The summed E-state index contributed by atoms with van der Waals surface area (Å²) in [6, 6.07) is 20.5. The number of carbonyl (C=O) groups excluding carboxylic acids is 2. The predicted octanol–water partition coefficient (Wildman–Crippen LogP) is 3.64. The zero-order chi connectivity index (χ0) is 23.4. The molecule has 0 spiro atoms. The van der Waals surface area contributed by atoms with Gasteiger partial charge in [0.05, 0.1) is 17.7 Å². The number of hydrogen-bond donors (Lipinski definition) is 1. The van der Waals surface area contributed by atoms with E-state index in [2.05, 4.69) is 5.43 Å². The Balaban J connectivity index is 1.67. The Morgan fingerprint density at radius 3 is 2.33 bits per heavy atom. The van der Waals surface area contributed by atoms with Gasteiger partial charge in [0.1, 0.15) is 12.2 Å². The third-order valence-corrected chi connectivity index (χ3v) is 4.92. The highest BCUT2D eigenvalue weighted by Gasteiger charge is 2.34. The van der Waals surface area contributed by atoms with E-state index in [0.29, 0.717) is 5.69 Å². The second kappa shape index (κ2) is 9.23. The molecule has 0 radical (unpaired) electrons. The molecule has 0 unspecified atom stereocenters. The monoisotopic (exact) mass is 445 g/mol. The van der Waals surface area contributed by atoms with Crippen molar-refractivity contribution in [2.75, 3.05) is 12.1 Å². The molecule has 1 heterocycles. The van der Waals surface area contributed by atoms with Gasteiger partial charge in [-0.15, -0.1) is 0 Å². The van der Waals surface area contributed by atoms with Gasteiger partial charge >= 0.3 is 5.69 Å². The van der Waals surface area contributed by atoms with Crippen LogP contribution >= 0.6 is 0 Å². The zero-order valence-electron chi connectivity index (χ0n) is 17.6. The first kappa shape index (κ1) is 21.6. The van der Waals surface area contributed by atoms with Crippen molar-refractivity contribution in [3.63, 3.8) is 0 Å². The summed E-state index contributed by atoms with van der Waals surface area (Å²) in [7, 11) is 1.36. The van der Waals surface area contributed by atoms with Crippen LogP contribution in [0.4, 0.5) is 11.4 Å². The normalized spacial score (nSPS) is 14.3. The average molecular weight is 445 g/mol. The summed E-state index contributed by atoms with van der Waals surface area (Å²) in [5.74, 6) is -1.12. The molecule has 0 aliphatic carbocycles. The van der Waals surface area contributed by atoms with Crippen LogP contribution in [-0.2, 0) is 16.2 Å². The lowest BCUT2D eigenvalue weighted by atomic mass is 10.1. The average Bonchev–Trinajstić information content (AvgIpc) is 3.12. The number of anilines is 1. The Bertz CT molecular complexity index is 1240. The highest BCUT2D eigenvalue weighted by atomic mass is 16.6. The molecule has 0 atom stereocenters. The summed E-state index contributed by atoms with van der Waals surface area (Å²) in [5, 5.41) is 12.9. The van der Waals surface area contributed by atoms with E-state index in [9.17, 15) is 19.7 Å². The number of hydrogen-bond acceptors (Lipinski definition) is 6. The molecule has 1 aliphatic rings. The Hall–Kier alpha value is -4.66. The van der Waals surface area contributed by atoms with E-state index in [-0.39, 0.29) is 34.9 Å². The molecule has 166 valence electrons. The lowest BCUT2D eigenvalue weighted by Crippen LogP contribution is -2.35. The topological polar surface area (TPSA) is 111 Å². The molecule has 9 heteroatoms. The van der Waals surface area contributed by atoms with E-state index < -0.39 is 16.7 Å². The number of amides is 2. The minimum absolute atomic E-state index is 0.0402. The number of rotatable bonds is 7. The van der Waals surface area contributed by atoms with Gasteiger partial charge in [-0.2, -0.15) is 0 Å². The number of nitrogens with zero attached hydrogens (tertiary/aromatic N) is 2. The lowest BCUT2D eigenvalue weighted by Gasteiger charge is -2.14. The van der Waals surface area contributed by atoms with E-state index in [1.54, 1.807) is 30.3 Å². The third-order valence-electron chi connectivity index (χ3n) is 4.92. The summed E-state index contributed by atoms with van der Waals surface area (Å²) in [5.41, 5.74) is 3.56. The Morgan fingerprint density at radius 2 is 1.70 bits per heavy atom. The molecule has 0 saturated carbocycles. The van der Waals surface area contributed by atoms with Crippen LogP contribution in [-0.4, -0.2) is 23.8 Å². The van der Waals surface area contributed by atoms with Crippen LogP contribution in [0.25, 0.3) is 6.08 Å². The van der Waals surface area contributed by atoms with Crippen molar-refractivity contribution in [3.05, 3.63) is 99.6 Å². The maximum absolute atomic E-state index is 12.8. The van der Waals surface area contributed by atoms with Gasteiger partial charge in [-0.1, -0.05) is 48.5 Å². The van der Waals surface area contributed by atoms with Crippen LogP contribution < -0.4 is 19.9 Å². The SMILES string of the molecule is COc1cc(C=C2C(=O)NN(c3ccccc3)C2=O)cc([N+](=O)[O-])c1OCc1ccccc1. The van der Waals surface area contributed by atoms with E-state index in [4.69, 9.17) is 9.47 Å². The van der Waals surface area contributed by atoms with Crippen LogP contribution in [0.5, 0.6) is 11.5 Å². The van der Waals surface area contributed by atoms with Gasteiger partial charge in [0.25, 0.3) is 11.8 Å². The van der Waals surface area contributed by atoms with Crippen molar-refractivity contribution in [2.24, 2.45) is 0 Å². The number of hydrazine groups is 1. The molecule has 9 nitrogen and oxygen atoms in total. The lowest BCUT2D eigenvalue weighted by molar-refractivity contribution is -0.386. The summed E-state index contributed by atoms with van der Waals surface area (Å²) >= 11 is 0. The number of nitrogens with one attached hydrogen (secondary N) is 1. The fourth-order valence-electron chi connectivity index (χ4n) is 3.34. The smallest absolute Gasteiger partial charge is 0.315 e. The fourth-order valence-corrected chi connectivity index (χ4v) is 3.34. The number of nitro groups is 1. The molecule has 3 aromatic carbocycles. The quantitative estimate of drug-likeness (QED) is 0.257. The van der Waals surface area contributed by atoms with Crippen LogP contribution in [0, 0.1) is 10.1 Å². The van der Waals surface area contributed by atoms with Gasteiger partial charge in [-0.05, 0) is 35.4 Å². The van der Waals surface area contributed by atoms with Crippen LogP contribution in [0.3, 0.4) is 0 Å². The first-order valence-corrected chi connectivity index (χ1v) is 9.93. The van der Waals surface area contributed by atoms with Gasteiger partial charge in [0, 0.05) is 6.07 Å². The minimum atomic E-state index is -0.616.